The molecule has 0 bridgehead atoms. The average molecular weight is 327 g/mol. The maximum atomic E-state index is 12.3. The van der Waals surface area contributed by atoms with Crippen LogP contribution in [0.2, 0.25) is 0 Å². The van der Waals surface area contributed by atoms with Crippen LogP contribution in [0.25, 0.3) is 0 Å². The summed E-state index contributed by atoms with van der Waals surface area (Å²) in [7, 11) is 0. The van der Waals surface area contributed by atoms with Crippen LogP contribution in [0, 0.1) is 0 Å². The molecule has 3 rings (SSSR count). The number of carboxylic acid groups (broad SMARTS) is 1. The first-order chi connectivity index (χ1) is 10.2. The van der Waals surface area contributed by atoms with Gasteiger partial charge in [-0.25, -0.2) is 4.79 Å². The Kier molecular flexibility index (Phi) is 3.45. The van der Waals surface area contributed by atoms with E-state index in [4.69, 9.17) is 5.73 Å². The predicted molar refractivity (Wildman–Crippen MR) is 81.0 cm³/mol. The Bertz CT molecular complexity index is 544. The zero-order chi connectivity index (χ0) is 16.3. The van der Waals surface area contributed by atoms with E-state index in [-0.39, 0.29) is 17.2 Å². The smallest absolute Gasteiger partial charge is 0.327 e. The number of nitrogens with zero attached hydrogens (tertiary/aromatic N) is 1. The number of nitrogens with two attached hydrogens (primary N) is 1. The number of nitrogens with one attached hydrogen (secondary N) is 1. The highest BCUT2D eigenvalue weighted by molar-refractivity contribution is 8.01. The molecular formula is C14H21N3O4S. The lowest BCUT2D eigenvalue weighted by atomic mass is 9.94. The Morgan fingerprint density at radius 1 is 1.36 bits per heavy atom. The van der Waals surface area contributed by atoms with E-state index in [0.717, 1.165) is 12.8 Å². The quantitative estimate of drug-likeness (QED) is 0.624. The lowest BCUT2D eigenvalue weighted by Crippen LogP contribution is -2.72. The molecule has 7 nitrogen and oxygen atoms in total. The van der Waals surface area contributed by atoms with Gasteiger partial charge in [0.15, 0.2) is 0 Å². The summed E-state index contributed by atoms with van der Waals surface area (Å²) < 4.78 is -0.584. The van der Waals surface area contributed by atoms with Crippen LogP contribution in [0.5, 0.6) is 0 Å². The van der Waals surface area contributed by atoms with Gasteiger partial charge in [0.25, 0.3) is 0 Å². The van der Waals surface area contributed by atoms with Crippen LogP contribution in [-0.4, -0.2) is 55.5 Å². The number of carbonyl (C=O) groups excluding carboxylic acids is 2. The summed E-state index contributed by atoms with van der Waals surface area (Å²) in [5, 5.41) is 11.8. The van der Waals surface area contributed by atoms with Gasteiger partial charge in [-0.1, -0.05) is 12.8 Å². The number of hydrogen-bond donors (Lipinski definition) is 3. The van der Waals surface area contributed by atoms with Crippen molar-refractivity contribution in [2.75, 3.05) is 0 Å². The third-order valence-electron chi connectivity index (χ3n) is 4.91. The lowest BCUT2D eigenvalue weighted by Gasteiger charge is -2.44. The monoisotopic (exact) mass is 327 g/mol. The number of β-lactam (4-membered cyclic amide) rings is 1. The molecule has 3 unspecified atom stereocenters. The van der Waals surface area contributed by atoms with E-state index in [1.165, 1.54) is 16.7 Å². The molecule has 2 saturated heterocycles. The van der Waals surface area contributed by atoms with Crippen molar-refractivity contribution in [1.29, 1.82) is 0 Å². The number of hydrogen-bond acceptors (Lipinski definition) is 5. The van der Waals surface area contributed by atoms with Crippen LogP contribution in [0.3, 0.4) is 0 Å². The van der Waals surface area contributed by atoms with Gasteiger partial charge >= 0.3 is 5.97 Å². The molecule has 2 aliphatic heterocycles. The number of fused-ring (bicyclic) bond motifs is 1. The molecule has 1 aliphatic carbocycles. The first-order valence-electron chi connectivity index (χ1n) is 7.50. The van der Waals surface area contributed by atoms with Crippen molar-refractivity contribution in [3.63, 3.8) is 0 Å². The van der Waals surface area contributed by atoms with Crippen molar-refractivity contribution < 1.29 is 19.5 Å². The first-order valence-corrected chi connectivity index (χ1v) is 8.38. The molecule has 0 spiro atoms. The normalized spacial score (nSPS) is 35.0. The molecule has 3 atom stereocenters. The highest BCUT2D eigenvalue weighted by atomic mass is 32.2. The maximum absolute atomic E-state index is 12.3. The van der Waals surface area contributed by atoms with Crippen molar-refractivity contribution in [1.82, 2.24) is 10.2 Å². The van der Waals surface area contributed by atoms with Crippen molar-refractivity contribution in [2.45, 2.75) is 67.3 Å². The number of carbonyl (C=O) groups is 3. The summed E-state index contributed by atoms with van der Waals surface area (Å²) in [5.41, 5.74) is 5.22. The molecule has 1 saturated carbocycles. The number of thioether (sulfide) groups is 1. The van der Waals surface area contributed by atoms with Gasteiger partial charge < -0.3 is 21.1 Å². The fourth-order valence-electron chi connectivity index (χ4n) is 3.66. The van der Waals surface area contributed by atoms with Gasteiger partial charge in [-0.05, 0) is 26.7 Å². The summed E-state index contributed by atoms with van der Waals surface area (Å²) in [4.78, 5) is 37.4. The molecule has 0 aromatic heterocycles. The van der Waals surface area contributed by atoms with Gasteiger partial charge in [0.2, 0.25) is 11.8 Å². The SMILES string of the molecule is CC1(C)SC2C(NC(=O)C3(N)CCCC3)C(=O)N2C1C(=O)O. The van der Waals surface area contributed by atoms with Crippen LogP contribution in [0.4, 0.5) is 0 Å². The predicted octanol–water partition coefficient (Wildman–Crippen LogP) is -0.110. The van der Waals surface area contributed by atoms with Gasteiger partial charge in [0.05, 0.1) is 5.54 Å². The standard InChI is InChI=1S/C14H21N3O4S/c1-13(2)8(11(19)20)17-9(18)7(10(17)22-13)16-12(21)14(15)5-3-4-6-14/h7-8,10H,3-6,15H2,1-2H3,(H,16,21)(H,19,20). The topological polar surface area (TPSA) is 113 Å². The summed E-state index contributed by atoms with van der Waals surface area (Å²) in [5.74, 6) is -1.63. The molecule has 22 heavy (non-hydrogen) atoms. The molecule has 4 N–H and O–H groups in total. The zero-order valence-electron chi connectivity index (χ0n) is 12.7. The Morgan fingerprint density at radius 3 is 2.50 bits per heavy atom. The number of carboxylic acids is 1. The van der Waals surface area contributed by atoms with Gasteiger partial charge in [-0.2, -0.15) is 0 Å². The molecule has 0 radical (unpaired) electrons. The van der Waals surface area contributed by atoms with Crippen LogP contribution >= 0.6 is 11.8 Å². The van der Waals surface area contributed by atoms with Crippen molar-refractivity contribution in [3.05, 3.63) is 0 Å². The molecule has 2 heterocycles. The maximum Gasteiger partial charge on any atom is 0.327 e. The van der Waals surface area contributed by atoms with Crippen LogP contribution in [-0.2, 0) is 14.4 Å². The van der Waals surface area contributed by atoms with E-state index in [0.29, 0.717) is 12.8 Å². The second-order valence-corrected chi connectivity index (χ2v) is 8.68. The van der Waals surface area contributed by atoms with E-state index in [1.807, 2.05) is 13.8 Å². The second kappa shape index (κ2) is 4.86. The highest BCUT2D eigenvalue weighted by Crippen LogP contribution is 2.50. The van der Waals surface area contributed by atoms with Gasteiger partial charge in [-0.15, -0.1) is 11.8 Å². The summed E-state index contributed by atoms with van der Waals surface area (Å²) in [6.07, 6.45) is 3.09. The fraction of sp³-hybridized carbons (Fsp3) is 0.786. The van der Waals surface area contributed by atoms with Crippen molar-refractivity contribution >= 4 is 29.5 Å². The first kappa shape index (κ1) is 15.6. The highest BCUT2D eigenvalue weighted by Gasteiger charge is 2.64. The lowest BCUT2D eigenvalue weighted by molar-refractivity contribution is -0.161. The van der Waals surface area contributed by atoms with Crippen LogP contribution in [0.15, 0.2) is 0 Å². The molecular weight excluding hydrogens is 306 g/mol. The molecule has 0 aromatic carbocycles. The van der Waals surface area contributed by atoms with Gasteiger partial charge in [0.1, 0.15) is 17.5 Å². The van der Waals surface area contributed by atoms with Crippen LogP contribution in [0.1, 0.15) is 39.5 Å². The number of amides is 2. The van der Waals surface area contributed by atoms with Crippen molar-refractivity contribution in [2.24, 2.45) is 5.73 Å². The molecule has 3 aliphatic rings. The Balaban J connectivity index is 1.73. The number of aliphatic carboxylic acids is 1. The molecule has 8 heteroatoms. The van der Waals surface area contributed by atoms with E-state index in [9.17, 15) is 19.5 Å². The molecule has 0 aromatic rings. The molecule has 3 fully saturated rings. The van der Waals surface area contributed by atoms with Crippen LogP contribution < -0.4 is 11.1 Å². The minimum absolute atomic E-state index is 0.291. The largest absolute Gasteiger partial charge is 0.480 e. The third-order valence-corrected chi connectivity index (χ3v) is 6.48. The Labute approximate surface area is 133 Å². The minimum atomic E-state index is -1.01. The summed E-state index contributed by atoms with van der Waals surface area (Å²) >= 11 is 1.42. The van der Waals surface area contributed by atoms with E-state index in [2.05, 4.69) is 5.32 Å². The summed E-state index contributed by atoms with van der Waals surface area (Å²) in [6, 6.07) is -1.52. The summed E-state index contributed by atoms with van der Waals surface area (Å²) in [6.45, 7) is 3.62. The third kappa shape index (κ3) is 2.11. The second-order valence-electron chi connectivity index (χ2n) is 6.91. The number of rotatable bonds is 3. The fourth-order valence-corrected chi connectivity index (χ4v) is 5.29. The minimum Gasteiger partial charge on any atom is -0.480 e. The van der Waals surface area contributed by atoms with Crippen molar-refractivity contribution in [3.8, 4) is 0 Å². The Hall–Kier alpha value is -1.28. The molecule has 2 amide bonds. The van der Waals surface area contributed by atoms with E-state index in [1.54, 1.807) is 0 Å². The van der Waals surface area contributed by atoms with Gasteiger partial charge in [0, 0.05) is 4.75 Å². The average Bonchev–Trinajstić information content (AvgIpc) is 2.96. The van der Waals surface area contributed by atoms with E-state index >= 15 is 0 Å². The zero-order valence-corrected chi connectivity index (χ0v) is 13.5. The molecule has 122 valence electrons. The van der Waals surface area contributed by atoms with E-state index < -0.39 is 28.3 Å². The van der Waals surface area contributed by atoms with Gasteiger partial charge in [-0.3, -0.25) is 9.59 Å². The Morgan fingerprint density at radius 2 is 1.95 bits per heavy atom.